The summed E-state index contributed by atoms with van der Waals surface area (Å²) in [7, 11) is 0. The van der Waals surface area contributed by atoms with Crippen molar-refractivity contribution in [2.45, 2.75) is 11.7 Å². The van der Waals surface area contributed by atoms with Crippen LogP contribution in [-0.4, -0.2) is 44.5 Å². The van der Waals surface area contributed by atoms with Crippen LogP contribution in [-0.2, 0) is 9.59 Å². The molecule has 1 aliphatic heterocycles. The molecule has 0 unspecified atom stereocenters. The largest absolute Gasteiger partial charge is 0.478 e. The van der Waals surface area contributed by atoms with Gasteiger partial charge in [0.05, 0.1) is 23.2 Å². The van der Waals surface area contributed by atoms with E-state index in [2.05, 4.69) is 15.2 Å². The van der Waals surface area contributed by atoms with Gasteiger partial charge in [-0.25, -0.2) is 9.69 Å². The van der Waals surface area contributed by atoms with Gasteiger partial charge in [-0.2, -0.15) is 5.10 Å². The number of nitrogens with zero attached hydrogens (tertiary/aromatic N) is 4. The van der Waals surface area contributed by atoms with E-state index in [4.69, 9.17) is 10.8 Å². The van der Waals surface area contributed by atoms with E-state index in [0.717, 1.165) is 16.7 Å². The van der Waals surface area contributed by atoms with Gasteiger partial charge in [0.1, 0.15) is 5.25 Å². The van der Waals surface area contributed by atoms with Crippen LogP contribution in [0.5, 0.6) is 0 Å². The van der Waals surface area contributed by atoms with Crippen molar-refractivity contribution < 1.29 is 19.5 Å². The van der Waals surface area contributed by atoms with Crippen molar-refractivity contribution in [1.82, 2.24) is 4.98 Å². The van der Waals surface area contributed by atoms with E-state index in [1.54, 1.807) is 24.4 Å². The summed E-state index contributed by atoms with van der Waals surface area (Å²) in [6.07, 6.45) is 3.00. The Morgan fingerprint density at radius 2 is 2.00 bits per heavy atom. The van der Waals surface area contributed by atoms with Crippen LogP contribution in [0.1, 0.15) is 22.5 Å². The van der Waals surface area contributed by atoms with Crippen LogP contribution in [0, 0.1) is 0 Å². The number of amides is 2. The summed E-state index contributed by atoms with van der Waals surface area (Å²) < 4.78 is 0. The minimum Gasteiger partial charge on any atom is -0.478 e. The molecule has 28 heavy (non-hydrogen) atoms. The number of carbonyl (C=O) groups is 3. The number of rotatable bonds is 5. The summed E-state index contributed by atoms with van der Waals surface area (Å²) in [5.41, 5.74) is 6.78. The van der Waals surface area contributed by atoms with Gasteiger partial charge in [0, 0.05) is 12.6 Å². The molecule has 0 spiro atoms. The van der Waals surface area contributed by atoms with Gasteiger partial charge in [-0.3, -0.25) is 14.6 Å². The Balaban J connectivity index is 1.66. The third kappa shape index (κ3) is 4.41. The first-order valence-corrected chi connectivity index (χ1v) is 8.98. The molecule has 2 aromatic rings. The van der Waals surface area contributed by atoms with Crippen molar-refractivity contribution >= 4 is 46.6 Å². The number of carbonyl (C=O) groups excluding carboxylic acids is 2. The lowest BCUT2D eigenvalue weighted by molar-refractivity contribution is -0.121. The molecule has 10 heteroatoms. The third-order valence-corrected chi connectivity index (χ3v) is 4.75. The van der Waals surface area contributed by atoms with Gasteiger partial charge in [-0.15, -0.1) is 5.10 Å². The molecule has 1 aromatic carbocycles. The highest BCUT2D eigenvalue weighted by atomic mass is 32.2. The van der Waals surface area contributed by atoms with Crippen molar-refractivity contribution in [1.29, 1.82) is 0 Å². The molecule has 142 valence electrons. The SMILES string of the molecule is NC(=N/N=C\c1ccccn1)S[C@@H]1CC(=O)N(c2ccc(C(=O)O)cc2)C1=O. The van der Waals surface area contributed by atoms with Crippen LogP contribution in [0.3, 0.4) is 0 Å². The smallest absolute Gasteiger partial charge is 0.335 e. The lowest BCUT2D eigenvalue weighted by Crippen LogP contribution is -2.31. The Bertz CT molecular complexity index is 960. The number of carboxylic acid groups (broad SMARTS) is 1. The zero-order valence-corrected chi connectivity index (χ0v) is 15.2. The van der Waals surface area contributed by atoms with Crippen LogP contribution in [0.2, 0.25) is 0 Å². The Morgan fingerprint density at radius 1 is 1.25 bits per heavy atom. The molecule has 1 fully saturated rings. The molecule has 1 saturated heterocycles. The molecule has 0 aliphatic carbocycles. The quantitative estimate of drug-likeness (QED) is 0.337. The molecule has 0 radical (unpaired) electrons. The summed E-state index contributed by atoms with van der Waals surface area (Å²) in [4.78, 5) is 40.8. The zero-order valence-electron chi connectivity index (χ0n) is 14.4. The molecule has 1 atom stereocenters. The Labute approximate surface area is 164 Å². The minimum atomic E-state index is -1.09. The Kier molecular flexibility index (Phi) is 5.80. The number of hydrogen-bond acceptors (Lipinski definition) is 7. The van der Waals surface area contributed by atoms with Crippen molar-refractivity contribution in [3.8, 4) is 0 Å². The predicted molar refractivity (Wildman–Crippen MR) is 105 cm³/mol. The number of nitrogens with two attached hydrogens (primary N) is 1. The van der Waals surface area contributed by atoms with Crippen LogP contribution in [0.4, 0.5) is 5.69 Å². The highest BCUT2D eigenvalue weighted by molar-refractivity contribution is 8.14. The maximum absolute atomic E-state index is 12.6. The average Bonchev–Trinajstić information content (AvgIpc) is 2.96. The van der Waals surface area contributed by atoms with E-state index in [9.17, 15) is 14.4 Å². The normalized spacial score (nSPS) is 17.5. The van der Waals surface area contributed by atoms with Gasteiger partial charge in [0.25, 0.3) is 0 Å². The topological polar surface area (TPSA) is 138 Å². The van der Waals surface area contributed by atoms with Gasteiger partial charge in [0.2, 0.25) is 11.8 Å². The molecule has 0 saturated carbocycles. The first-order chi connectivity index (χ1) is 13.5. The summed E-state index contributed by atoms with van der Waals surface area (Å²) in [5.74, 6) is -1.92. The molecular formula is C18H15N5O4S. The molecule has 3 rings (SSSR count). The Morgan fingerprint density at radius 3 is 2.64 bits per heavy atom. The van der Waals surface area contributed by atoms with Crippen molar-refractivity contribution in [3.05, 3.63) is 59.9 Å². The second-order valence-electron chi connectivity index (χ2n) is 5.67. The monoisotopic (exact) mass is 397 g/mol. The molecule has 2 amide bonds. The number of thioether (sulfide) groups is 1. The first-order valence-electron chi connectivity index (χ1n) is 8.10. The van der Waals surface area contributed by atoms with E-state index in [1.165, 1.54) is 30.5 Å². The number of aromatic nitrogens is 1. The lowest BCUT2D eigenvalue weighted by Gasteiger charge is -2.14. The number of carboxylic acids is 1. The van der Waals surface area contributed by atoms with E-state index in [1.807, 2.05) is 0 Å². The summed E-state index contributed by atoms with van der Waals surface area (Å²) in [6, 6.07) is 10.8. The molecule has 1 aromatic heterocycles. The fourth-order valence-electron chi connectivity index (χ4n) is 2.49. The van der Waals surface area contributed by atoms with Gasteiger partial charge >= 0.3 is 5.97 Å². The van der Waals surface area contributed by atoms with Gasteiger partial charge in [-0.05, 0) is 36.4 Å². The molecule has 2 heterocycles. The molecule has 1 aliphatic rings. The number of benzene rings is 1. The summed E-state index contributed by atoms with van der Waals surface area (Å²) >= 11 is 0.948. The molecular weight excluding hydrogens is 382 g/mol. The number of hydrogen-bond donors (Lipinski definition) is 2. The molecule has 3 N–H and O–H groups in total. The van der Waals surface area contributed by atoms with Crippen LogP contribution in [0.15, 0.2) is 58.9 Å². The summed E-state index contributed by atoms with van der Waals surface area (Å²) in [6.45, 7) is 0. The number of imide groups is 1. The van der Waals surface area contributed by atoms with E-state index in [-0.39, 0.29) is 17.2 Å². The Hall–Kier alpha value is -3.53. The lowest BCUT2D eigenvalue weighted by atomic mass is 10.2. The highest BCUT2D eigenvalue weighted by Gasteiger charge is 2.40. The third-order valence-electron chi connectivity index (χ3n) is 3.77. The predicted octanol–water partition coefficient (Wildman–Crippen LogP) is 1.49. The second kappa shape index (κ2) is 8.44. The minimum absolute atomic E-state index is 0.0373. The fourth-order valence-corrected chi connectivity index (χ4v) is 3.30. The second-order valence-corrected chi connectivity index (χ2v) is 6.89. The zero-order chi connectivity index (χ0) is 20.1. The van der Waals surface area contributed by atoms with Crippen molar-refractivity contribution in [2.75, 3.05) is 4.90 Å². The first kappa shape index (κ1) is 19.2. The van der Waals surface area contributed by atoms with Crippen LogP contribution >= 0.6 is 11.8 Å². The summed E-state index contributed by atoms with van der Waals surface area (Å²) in [5, 5.41) is 15.9. The molecule has 0 bridgehead atoms. The van der Waals surface area contributed by atoms with Crippen LogP contribution in [0.25, 0.3) is 0 Å². The van der Waals surface area contributed by atoms with Crippen molar-refractivity contribution in [3.63, 3.8) is 0 Å². The van der Waals surface area contributed by atoms with Gasteiger partial charge in [0.15, 0.2) is 5.17 Å². The van der Waals surface area contributed by atoms with E-state index < -0.39 is 23.0 Å². The maximum atomic E-state index is 12.6. The number of aromatic carboxylic acids is 1. The van der Waals surface area contributed by atoms with Gasteiger partial charge in [-0.1, -0.05) is 17.8 Å². The molecule has 9 nitrogen and oxygen atoms in total. The maximum Gasteiger partial charge on any atom is 0.335 e. The van der Waals surface area contributed by atoms with E-state index >= 15 is 0 Å². The highest BCUT2D eigenvalue weighted by Crippen LogP contribution is 2.29. The van der Waals surface area contributed by atoms with Gasteiger partial charge < -0.3 is 10.8 Å². The van der Waals surface area contributed by atoms with E-state index in [0.29, 0.717) is 11.4 Å². The van der Waals surface area contributed by atoms with Crippen molar-refractivity contribution in [2.24, 2.45) is 15.9 Å². The average molecular weight is 397 g/mol. The number of anilines is 1. The standard InChI is InChI=1S/C18H15N5O4S/c19-18(22-21-10-12-3-1-2-8-20-12)28-14-9-15(24)23(16(14)25)13-6-4-11(5-7-13)17(26)27/h1-8,10,14H,9H2,(H2,19,22)(H,26,27)/b21-10-/t14-/m1/s1. The fraction of sp³-hybridized carbons (Fsp3) is 0.111. The van der Waals surface area contributed by atoms with Crippen LogP contribution < -0.4 is 10.6 Å². The number of pyridine rings is 1. The number of amidine groups is 1.